The van der Waals surface area contributed by atoms with Gasteiger partial charge < -0.3 is 9.15 Å². The highest BCUT2D eigenvalue weighted by atomic mass is 32.2. The fourth-order valence-electron chi connectivity index (χ4n) is 3.13. The van der Waals surface area contributed by atoms with E-state index in [-0.39, 0.29) is 23.6 Å². The number of sulfonamides is 1. The molecule has 0 aliphatic rings. The van der Waals surface area contributed by atoms with Crippen LogP contribution >= 0.6 is 0 Å². The van der Waals surface area contributed by atoms with Crippen molar-refractivity contribution in [2.24, 2.45) is 0 Å². The van der Waals surface area contributed by atoms with Gasteiger partial charge in [0.2, 0.25) is 15.9 Å². The summed E-state index contributed by atoms with van der Waals surface area (Å²) in [6, 6.07) is 24.3. The summed E-state index contributed by atoms with van der Waals surface area (Å²) in [5.41, 5.74) is 2.27. The van der Waals surface area contributed by atoms with Crippen molar-refractivity contribution < 1.29 is 22.4 Å². The molecule has 4 rings (SSSR count). The maximum absolute atomic E-state index is 12.7. The number of aryl methyl sites for hydroxylation is 1. The molecule has 1 aromatic heterocycles. The van der Waals surface area contributed by atoms with Crippen molar-refractivity contribution in [3.63, 3.8) is 0 Å². The van der Waals surface area contributed by atoms with Crippen LogP contribution in [-0.4, -0.2) is 19.4 Å². The Morgan fingerprint density at radius 3 is 2.39 bits per heavy atom. The number of oxazole rings is 1. The summed E-state index contributed by atoms with van der Waals surface area (Å²) in [5, 5.41) is 0. The maximum Gasteiger partial charge on any atom is 0.338 e. The molecule has 4 aromatic rings. The topological polar surface area (TPSA) is 98.5 Å². The molecule has 1 N–H and O–H groups in total. The van der Waals surface area contributed by atoms with E-state index >= 15 is 0 Å². The first kappa shape index (κ1) is 22.4. The molecule has 0 amide bonds. The fraction of sp³-hybridized carbons (Fsp3) is 0.120. The molecule has 0 bridgehead atoms. The average Bonchev–Trinajstić information content (AvgIpc) is 3.23. The third-order valence-electron chi connectivity index (χ3n) is 4.94. The summed E-state index contributed by atoms with van der Waals surface area (Å²) in [6.07, 6.45) is 0. The highest BCUT2D eigenvalue weighted by molar-refractivity contribution is 7.89. The van der Waals surface area contributed by atoms with Crippen molar-refractivity contribution in [1.82, 2.24) is 9.71 Å². The van der Waals surface area contributed by atoms with Crippen LogP contribution in [0.1, 0.15) is 27.4 Å². The van der Waals surface area contributed by atoms with Gasteiger partial charge in [0, 0.05) is 12.1 Å². The van der Waals surface area contributed by atoms with E-state index in [1.54, 1.807) is 6.92 Å². The zero-order chi connectivity index (χ0) is 23.3. The minimum atomic E-state index is -3.80. The molecule has 3 aromatic carbocycles. The van der Waals surface area contributed by atoms with Crippen LogP contribution in [0.3, 0.4) is 0 Å². The second-order valence-corrected chi connectivity index (χ2v) is 9.07. The first-order chi connectivity index (χ1) is 15.9. The predicted molar refractivity (Wildman–Crippen MR) is 123 cm³/mol. The van der Waals surface area contributed by atoms with E-state index in [1.165, 1.54) is 24.3 Å². The molecular formula is C25H22N2O5S. The SMILES string of the molecule is Cc1oc(-c2ccccc2)nc1COC(=O)c1cccc(S(=O)(=O)NCc2ccccc2)c1. The summed E-state index contributed by atoms with van der Waals surface area (Å²) < 4.78 is 38.9. The molecule has 0 spiro atoms. The molecular weight excluding hydrogens is 440 g/mol. The summed E-state index contributed by atoms with van der Waals surface area (Å²) in [4.78, 5) is 17.0. The van der Waals surface area contributed by atoms with Crippen molar-refractivity contribution in [3.8, 4) is 11.5 Å². The van der Waals surface area contributed by atoms with Crippen molar-refractivity contribution >= 4 is 16.0 Å². The Hall–Kier alpha value is -3.75. The zero-order valence-electron chi connectivity index (χ0n) is 17.9. The van der Waals surface area contributed by atoms with Gasteiger partial charge in [-0.2, -0.15) is 0 Å². The third kappa shape index (κ3) is 5.54. The quantitative estimate of drug-likeness (QED) is 0.388. The normalized spacial score (nSPS) is 11.3. The Balaban J connectivity index is 1.42. The highest BCUT2D eigenvalue weighted by Crippen LogP contribution is 2.22. The predicted octanol–water partition coefficient (Wildman–Crippen LogP) is 4.49. The molecule has 8 heteroatoms. The standard InChI is InChI=1S/C25H22N2O5S/c1-18-23(27-24(32-18)20-11-6-3-7-12-20)17-31-25(28)21-13-8-14-22(15-21)33(29,30)26-16-19-9-4-2-5-10-19/h2-15,26H,16-17H2,1H3. The van der Waals surface area contributed by atoms with Gasteiger partial charge in [0.25, 0.3) is 0 Å². The third-order valence-corrected chi connectivity index (χ3v) is 6.34. The van der Waals surface area contributed by atoms with E-state index in [2.05, 4.69) is 9.71 Å². The average molecular weight is 463 g/mol. The monoisotopic (exact) mass is 462 g/mol. The van der Waals surface area contributed by atoms with Crippen LogP contribution in [0.2, 0.25) is 0 Å². The summed E-state index contributed by atoms with van der Waals surface area (Å²) in [5.74, 6) is 0.332. The number of nitrogens with zero attached hydrogens (tertiary/aromatic N) is 1. The van der Waals surface area contributed by atoms with Gasteiger partial charge in [-0.15, -0.1) is 0 Å². The van der Waals surface area contributed by atoms with Crippen LogP contribution in [0.5, 0.6) is 0 Å². The number of nitrogens with one attached hydrogen (secondary N) is 1. The number of ether oxygens (including phenoxy) is 1. The molecule has 0 radical (unpaired) electrons. The van der Waals surface area contributed by atoms with Crippen LogP contribution in [-0.2, 0) is 27.9 Å². The van der Waals surface area contributed by atoms with Gasteiger partial charge in [0.15, 0.2) is 0 Å². The van der Waals surface area contributed by atoms with Crippen molar-refractivity contribution in [1.29, 1.82) is 0 Å². The van der Waals surface area contributed by atoms with Crippen molar-refractivity contribution in [2.45, 2.75) is 25.0 Å². The van der Waals surface area contributed by atoms with Crippen LogP contribution in [0.25, 0.3) is 11.5 Å². The Morgan fingerprint density at radius 1 is 0.970 bits per heavy atom. The lowest BCUT2D eigenvalue weighted by molar-refractivity contribution is 0.0466. The molecule has 0 saturated heterocycles. The van der Waals surface area contributed by atoms with E-state index in [1.807, 2.05) is 60.7 Å². The summed E-state index contributed by atoms with van der Waals surface area (Å²) in [6.45, 7) is 1.80. The molecule has 0 aliphatic heterocycles. The van der Waals surface area contributed by atoms with Gasteiger partial charge >= 0.3 is 5.97 Å². The lowest BCUT2D eigenvalue weighted by Gasteiger charge is -2.09. The van der Waals surface area contributed by atoms with Gasteiger partial charge in [-0.3, -0.25) is 0 Å². The maximum atomic E-state index is 12.7. The van der Waals surface area contributed by atoms with Crippen LogP contribution in [0.15, 0.2) is 94.2 Å². The number of benzene rings is 3. The highest BCUT2D eigenvalue weighted by Gasteiger charge is 2.18. The fourth-order valence-corrected chi connectivity index (χ4v) is 4.19. The van der Waals surface area contributed by atoms with E-state index in [0.29, 0.717) is 17.3 Å². The minimum Gasteiger partial charge on any atom is -0.455 e. The van der Waals surface area contributed by atoms with Gasteiger partial charge in [-0.05, 0) is 42.8 Å². The van der Waals surface area contributed by atoms with E-state index in [9.17, 15) is 13.2 Å². The van der Waals surface area contributed by atoms with E-state index in [4.69, 9.17) is 9.15 Å². The lowest BCUT2D eigenvalue weighted by atomic mass is 10.2. The number of hydrogen-bond acceptors (Lipinski definition) is 6. The van der Waals surface area contributed by atoms with Gasteiger partial charge in [0.05, 0.1) is 10.5 Å². The summed E-state index contributed by atoms with van der Waals surface area (Å²) in [7, 11) is -3.80. The Bertz CT molecular complexity index is 1350. The van der Waals surface area contributed by atoms with Gasteiger partial charge in [-0.25, -0.2) is 22.9 Å². The van der Waals surface area contributed by atoms with Gasteiger partial charge in [-0.1, -0.05) is 54.6 Å². The van der Waals surface area contributed by atoms with Gasteiger partial charge in [0.1, 0.15) is 18.1 Å². The molecule has 0 saturated carbocycles. The Kier molecular flexibility index (Phi) is 6.67. The van der Waals surface area contributed by atoms with Crippen LogP contribution in [0.4, 0.5) is 0 Å². The van der Waals surface area contributed by atoms with Crippen molar-refractivity contribution in [3.05, 3.63) is 108 Å². The molecule has 7 nitrogen and oxygen atoms in total. The molecule has 0 fully saturated rings. The van der Waals surface area contributed by atoms with E-state index in [0.717, 1.165) is 11.1 Å². The lowest BCUT2D eigenvalue weighted by Crippen LogP contribution is -2.23. The number of aromatic nitrogens is 1. The molecule has 1 heterocycles. The smallest absolute Gasteiger partial charge is 0.338 e. The number of carbonyl (C=O) groups excluding carboxylic acids is 1. The molecule has 0 atom stereocenters. The van der Waals surface area contributed by atoms with Crippen molar-refractivity contribution in [2.75, 3.05) is 0 Å². The zero-order valence-corrected chi connectivity index (χ0v) is 18.7. The van der Waals surface area contributed by atoms with Crippen LogP contribution < -0.4 is 4.72 Å². The Labute approximate surface area is 192 Å². The second kappa shape index (κ2) is 9.81. The Morgan fingerprint density at radius 2 is 1.67 bits per heavy atom. The number of esters is 1. The first-order valence-electron chi connectivity index (χ1n) is 10.2. The molecule has 33 heavy (non-hydrogen) atoms. The van der Waals surface area contributed by atoms with E-state index < -0.39 is 16.0 Å². The second-order valence-electron chi connectivity index (χ2n) is 7.30. The molecule has 168 valence electrons. The first-order valence-corrected chi connectivity index (χ1v) is 11.7. The summed E-state index contributed by atoms with van der Waals surface area (Å²) >= 11 is 0. The number of carbonyl (C=O) groups is 1. The molecule has 0 aliphatic carbocycles. The largest absolute Gasteiger partial charge is 0.455 e. The van der Waals surface area contributed by atoms with Crippen LogP contribution in [0, 0.1) is 6.92 Å². The number of hydrogen-bond donors (Lipinski definition) is 1. The number of rotatable bonds is 8. The molecule has 0 unspecified atom stereocenters. The minimum absolute atomic E-state index is 0.0168.